The van der Waals surface area contributed by atoms with E-state index >= 15 is 0 Å². The second-order valence-corrected chi connectivity index (χ2v) is 12.6. The number of hydrogen-bond donors (Lipinski definition) is 0. The molecule has 0 atom stereocenters. The Morgan fingerprint density at radius 1 is 1.00 bits per heavy atom. The van der Waals surface area contributed by atoms with E-state index in [2.05, 4.69) is 48.6 Å². The molecule has 35 heavy (non-hydrogen) atoms. The molecule has 3 rings (SSSR count). The molecule has 1 aliphatic heterocycles. The van der Waals surface area contributed by atoms with Crippen molar-refractivity contribution >= 4 is 5.69 Å². The van der Waals surface area contributed by atoms with Gasteiger partial charge in [0.1, 0.15) is 17.4 Å². The zero-order chi connectivity index (χ0) is 25.9. The van der Waals surface area contributed by atoms with Gasteiger partial charge in [0, 0.05) is 19.3 Å². The first-order valence-electron chi connectivity index (χ1n) is 12.9. The summed E-state index contributed by atoms with van der Waals surface area (Å²) in [6.07, 6.45) is 6.44. The quantitative estimate of drug-likeness (QED) is 0.502. The molecule has 1 aromatic heterocycles. The van der Waals surface area contributed by atoms with Crippen molar-refractivity contribution in [3.63, 3.8) is 0 Å². The number of anilines is 1. The SMILES string of the molecule is CC(C)(C)COC1CC(OC2CCN(c3cc(C#CC(C)(C)OC(C)(C)C)ncc3C#N)CC2)C1. The van der Waals surface area contributed by atoms with Gasteiger partial charge in [0.05, 0.1) is 41.8 Å². The lowest BCUT2D eigenvalue weighted by atomic mass is 9.90. The Morgan fingerprint density at radius 3 is 2.23 bits per heavy atom. The molecule has 1 aliphatic carbocycles. The lowest BCUT2D eigenvalue weighted by molar-refractivity contribution is -0.137. The van der Waals surface area contributed by atoms with Crippen LogP contribution in [0.4, 0.5) is 5.69 Å². The Balaban J connectivity index is 1.54. The standard InChI is InChI=1S/C29H43N3O3/c1-27(2,3)20-33-24-16-25(17-24)34-23-10-13-32(14-11-23)26-15-22(31-19-21(26)18-30)9-12-29(7,8)35-28(4,5)6/h15,19,23-25H,10-11,13-14,16-17,20H2,1-8H3. The first kappa shape index (κ1) is 27.5. The first-order chi connectivity index (χ1) is 16.2. The molecular weight excluding hydrogens is 438 g/mol. The van der Waals surface area contributed by atoms with Gasteiger partial charge in [-0.1, -0.05) is 26.7 Å². The van der Waals surface area contributed by atoms with Crippen LogP contribution in [0.1, 0.15) is 92.3 Å². The van der Waals surface area contributed by atoms with Crippen LogP contribution in [-0.2, 0) is 14.2 Å². The van der Waals surface area contributed by atoms with Crippen molar-refractivity contribution in [1.29, 1.82) is 5.26 Å². The molecule has 0 N–H and O–H groups in total. The van der Waals surface area contributed by atoms with Gasteiger partial charge in [-0.05, 0) is 77.7 Å². The number of nitrogens with zero attached hydrogens (tertiary/aromatic N) is 3. The molecule has 192 valence electrons. The summed E-state index contributed by atoms with van der Waals surface area (Å²) in [6, 6.07) is 4.22. The summed E-state index contributed by atoms with van der Waals surface area (Å²) in [6.45, 7) is 19.1. The molecule has 0 radical (unpaired) electrons. The summed E-state index contributed by atoms with van der Waals surface area (Å²) >= 11 is 0. The fourth-order valence-electron chi connectivity index (χ4n) is 4.50. The van der Waals surface area contributed by atoms with Gasteiger partial charge in [0.15, 0.2) is 0 Å². The molecule has 0 unspecified atom stereocenters. The molecule has 6 nitrogen and oxygen atoms in total. The van der Waals surface area contributed by atoms with Gasteiger partial charge in [-0.25, -0.2) is 4.98 Å². The molecule has 0 amide bonds. The summed E-state index contributed by atoms with van der Waals surface area (Å²) in [5.74, 6) is 6.35. The molecule has 2 aliphatic rings. The van der Waals surface area contributed by atoms with Crippen LogP contribution in [0.25, 0.3) is 0 Å². The van der Waals surface area contributed by atoms with Crippen LogP contribution in [-0.4, -0.2) is 54.2 Å². The summed E-state index contributed by atoms with van der Waals surface area (Å²) in [4.78, 5) is 6.66. The van der Waals surface area contributed by atoms with Crippen LogP contribution in [0, 0.1) is 28.6 Å². The molecule has 2 heterocycles. The van der Waals surface area contributed by atoms with Crippen molar-refractivity contribution in [2.45, 2.75) is 111 Å². The minimum Gasteiger partial charge on any atom is -0.377 e. The third-order valence-electron chi connectivity index (χ3n) is 6.03. The normalized spacial score (nSPS) is 21.6. The number of pyridine rings is 1. The predicted octanol–water partition coefficient (Wildman–Crippen LogP) is 5.48. The number of ether oxygens (including phenoxy) is 3. The van der Waals surface area contributed by atoms with Gasteiger partial charge in [0.25, 0.3) is 0 Å². The maximum Gasteiger partial charge on any atom is 0.124 e. The minimum atomic E-state index is -0.595. The van der Waals surface area contributed by atoms with Crippen molar-refractivity contribution < 1.29 is 14.2 Å². The summed E-state index contributed by atoms with van der Waals surface area (Å²) < 4.78 is 18.4. The van der Waals surface area contributed by atoms with Crippen LogP contribution in [0.5, 0.6) is 0 Å². The molecule has 1 aromatic rings. The van der Waals surface area contributed by atoms with Crippen LogP contribution in [0.15, 0.2) is 12.3 Å². The average Bonchev–Trinajstić information content (AvgIpc) is 2.71. The molecule has 1 saturated heterocycles. The van der Waals surface area contributed by atoms with Crippen LogP contribution in [0.3, 0.4) is 0 Å². The number of hydrogen-bond acceptors (Lipinski definition) is 6. The van der Waals surface area contributed by atoms with Crippen molar-refractivity contribution in [1.82, 2.24) is 4.98 Å². The maximum atomic E-state index is 9.65. The predicted molar refractivity (Wildman–Crippen MR) is 139 cm³/mol. The Labute approximate surface area is 212 Å². The average molecular weight is 482 g/mol. The van der Waals surface area contributed by atoms with Gasteiger partial charge in [-0.3, -0.25) is 0 Å². The highest BCUT2D eigenvalue weighted by atomic mass is 16.5. The van der Waals surface area contributed by atoms with E-state index in [4.69, 9.17) is 14.2 Å². The molecule has 1 saturated carbocycles. The van der Waals surface area contributed by atoms with Gasteiger partial charge in [-0.2, -0.15) is 5.26 Å². The van der Waals surface area contributed by atoms with E-state index < -0.39 is 5.60 Å². The fourth-order valence-corrected chi connectivity index (χ4v) is 4.50. The van der Waals surface area contributed by atoms with E-state index in [0.717, 1.165) is 51.1 Å². The van der Waals surface area contributed by atoms with Crippen molar-refractivity contribution in [2.24, 2.45) is 5.41 Å². The number of nitriles is 1. The monoisotopic (exact) mass is 481 g/mol. The summed E-state index contributed by atoms with van der Waals surface area (Å²) in [5.41, 5.74) is 1.46. The van der Waals surface area contributed by atoms with Crippen LogP contribution in [0.2, 0.25) is 0 Å². The third-order valence-corrected chi connectivity index (χ3v) is 6.03. The molecule has 0 aromatic carbocycles. The van der Waals surface area contributed by atoms with Gasteiger partial charge in [0.2, 0.25) is 0 Å². The Hall–Kier alpha value is -2.12. The lowest BCUT2D eigenvalue weighted by Crippen LogP contribution is -2.44. The van der Waals surface area contributed by atoms with E-state index in [1.54, 1.807) is 6.20 Å². The highest BCUT2D eigenvalue weighted by Gasteiger charge is 2.34. The molecule has 6 heteroatoms. The Morgan fingerprint density at radius 2 is 1.66 bits per heavy atom. The van der Waals surface area contributed by atoms with Gasteiger partial charge in [-0.15, -0.1) is 0 Å². The second-order valence-electron chi connectivity index (χ2n) is 12.6. The van der Waals surface area contributed by atoms with E-state index in [0.29, 0.717) is 23.5 Å². The number of rotatable bonds is 6. The third kappa shape index (κ3) is 8.80. The summed E-state index contributed by atoms with van der Waals surface area (Å²) in [5, 5.41) is 9.65. The van der Waals surface area contributed by atoms with Crippen LogP contribution >= 0.6 is 0 Å². The van der Waals surface area contributed by atoms with Crippen molar-refractivity contribution in [3.05, 3.63) is 23.5 Å². The summed E-state index contributed by atoms with van der Waals surface area (Å²) in [7, 11) is 0. The van der Waals surface area contributed by atoms with E-state index in [1.165, 1.54) is 0 Å². The molecule has 2 fully saturated rings. The van der Waals surface area contributed by atoms with E-state index in [-0.39, 0.29) is 17.1 Å². The zero-order valence-corrected chi connectivity index (χ0v) is 22.9. The molecular formula is C29H43N3O3. The highest BCUT2D eigenvalue weighted by molar-refractivity contribution is 5.61. The van der Waals surface area contributed by atoms with E-state index in [9.17, 15) is 5.26 Å². The number of piperidine rings is 1. The minimum absolute atomic E-state index is 0.204. The van der Waals surface area contributed by atoms with E-state index in [1.807, 2.05) is 40.7 Å². The van der Waals surface area contributed by atoms with Gasteiger partial charge >= 0.3 is 0 Å². The fraction of sp³-hybridized carbons (Fsp3) is 0.724. The molecule has 0 bridgehead atoms. The second kappa shape index (κ2) is 10.9. The lowest BCUT2D eigenvalue weighted by Gasteiger charge is -2.41. The van der Waals surface area contributed by atoms with Gasteiger partial charge < -0.3 is 19.1 Å². The number of aromatic nitrogens is 1. The van der Waals surface area contributed by atoms with Crippen molar-refractivity contribution in [3.8, 4) is 17.9 Å². The van der Waals surface area contributed by atoms with Crippen LogP contribution < -0.4 is 4.90 Å². The first-order valence-corrected chi connectivity index (χ1v) is 12.9. The zero-order valence-electron chi connectivity index (χ0n) is 22.9. The topological polar surface area (TPSA) is 67.6 Å². The Bertz CT molecular complexity index is 958. The smallest absolute Gasteiger partial charge is 0.124 e. The largest absolute Gasteiger partial charge is 0.377 e. The highest BCUT2D eigenvalue weighted by Crippen LogP contribution is 2.32. The Kier molecular flexibility index (Phi) is 8.53. The maximum absolute atomic E-state index is 9.65. The van der Waals surface area contributed by atoms with Crippen molar-refractivity contribution in [2.75, 3.05) is 24.6 Å². The molecule has 0 spiro atoms.